The number of nitrogens with one attached hydrogen (secondary N) is 8. The van der Waals surface area contributed by atoms with Gasteiger partial charge in [0.2, 0.25) is 23.6 Å². The SMILES string of the molecule is CCCCCCCCCCCCCCN(CCCCN(CCCCCCCCCCCCCC)CC(O)CNCCC(=O)NCCCCCCCCCCCC)CC(O)CN.CCCCCCCCCCCCNC(=O)CCNCCCNCCCCN(CCCNCCC(=O)NCCCCCCCCCCCC)CCC(=O)NCCCCCCCCCCCC. The number of amides is 4. The number of carbonyl (C=O) groups excluding carboxylic acids is 4. The van der Waals surface area contributed by atoms with Crippen molar-refractivity contribution >= 4 is 23.6 Å². The Balaban J connectivity index is 0. The standard InChI is InChI=1S/C55H113N7O3.C53H111N5O3/c1-4-7-10-13-16-19-22-25-28-31-45-59-53(63)38-48-57-43-36-42-56-41-34-35-50-62(52-40-55(65)61-47-33-30-27-24-21-18-15-12-9-6-3)51-37-44-58-49-39-54(64)60-46-32-29-26-23-20-17-14-11-8-5-2;1-4-7-10-13-16-19-22-24-27-30-33-36-43-57(49-51(59)47-54)45-38-39-46-58(44-37-34-31-28-25-23-20-17-14-11-8-5-2)50-52(60)48-55-42-40-53(61)56-41-35-32-29-26-21-18-15-12-9-6-3/h56-58H,4-52H2,1-3H3,(H,59,63)(H,60,64)(H,61,65);51-52,55,59-60H,4-50,54H2,1-3H3,(H,56,61). The molecule has 18 heteroatoms. The number of nitrogens with two attached hydrogens (primary N) is 1. The maximum absolute atomic E-state index is 12.8. The predicted molar refractivity (Wildman–Crippen MR) is 550 cm³/mol. The van der Waals surface area contributed by atoms with Crippen molar-refractivity contribution in [2.24, 2.45) is 5.73 Å². The molecule has 0 aliphatic carbocycles. The average molecular weight is 1790 g/mol. The Kier molecular flexibility index (Phi) is 109. The molecule has 0 aromatic rings. The van der Waals surface area contributed by atoms with Crippen LogP contribution in [0.25, 0.3) is 0 Å². The number of unbranched alkanes of at least 4 members (excludes halogenated alkanes) is 60. The van der Waals surface area contributed by atoms with Gasteiger partial charge in [0.25, 0.3) is 0 Å². The zero-order valence-electron chi connectivity index (χ0n) is 85.5. The number of hydrogen-bond donors (Lipinski definition) is 11. The summed E-state index contributed by atoms with van der Waals surface area (Å²) in [6.45, 7) is 31.6. The smallest absolute Gasteiger partial charge is 0.221 e. The third-order valence-corrected chi connectivity index (χ3v) is 25.7. The van der Waals surface area contributed by atoms with Crippen LogP contribution in [0.1, 0.15) is 517 Å². The molecule has 0 bridgehead atoms. The highest BCUT2D eigenvalue weighted by Crippen LogP contribution is 2.19. The van der Waals surface area contributed by atoms with Crippen molar-refractivity contribution in [2.75, 3.05) is 144 Å². The zero-order valence-corrected chi connectivity index (χ0v) is 85.5. The molecule has 12 N–H and O–H groups in total. The molecule has 0 aromatic carbocycles. The Morgan fingerprint density at radius 1 is 0.206 bits per heavy atom. The fraction of sp³-hybridized carbons (Fsp3) is 0.963. The van der Waals surface area contributed by atoms with Crippen molar-refractivity contribution in [1.82, 2.24) is 57.2 Å². The third-order valence-electron chi connectivity index (χ3n) is 25.7. The van der Waals surface area contributed by atoms with Gasteiger partial charge in [0, 0.05) is 104 Å². The second-order valence-corrected chi connectivity index (χ2v) is 38.5. The van der Waals surface area contributed by atoms with Gasteiger partial charge in [0.15, 0.2) is 0 Å². The van der Waals surface area contributed by atoms with Crippen LogP contribution in [0, 0.1) is 0 Å². The first-order valence-corrected chi connectivity index (χ1v) is 56.1. The van der Waals surface area contributed by atoms with E-state index in [-0.39, 0.29) is 23.6 Å². The first-order chi connectivity index (χ1) is 62.0. The summed E-state index contributed by atoms with van der Waals surface area (Å²) in [6.07, 6.45) is 92.4. The Bertz CT molecular complexity index is 2120. The molecular weight excluding hydrogens is 1560 g/mol. The van der Waals surface area contributed by atoms with E-state index >= 15 is 0 Å². The van der Waals surface area contributed by atoms with Gasteiger partial charge in [-0.3, -0.25) is 19.2 Å². The van der Waals surface area contributed by atoms with E-state index in [1.165, 1.54) is 385 Å². The van der Waals surface area contributed by atoms with E-state index in [1.807, 2.05) is 0 Å². The molecule has 0 saturated carbocycles. The Labute approximate surface area is 784 Å². The summed E-state index contributed by atoms with van der Waals surface area (Å²) in [5, 5.41) is 47.8. The van der Waals surface area contributed by atoms with Crippen molar-refractivity contribution in [3.05, 3.63) is 0 Å². The summed E-state index contributed by atoms with van der Waals surface area (Å²) in [5.41, 5.74) is 5.83. The molecule has 18 nitrogen and oxygen atoms in total. The highest BCUT2D eigenvalue weighted by Gasteiger charge is 2.16. The van der Waals surface area contributed by atoms with Gasteiger partial charge in [-0.15, -0.1) is 0 Å². The molecule has 126 heavy (non-hydrogen) atoms. The monoisotopic (exact) mass is 1790 g/mol. The van der Waals surface area contributed by atoms with E-state index in [2.05, 4.69) is 98.8 Å². The molecule has 0 spiro atoms. The topological polar surface area (TPSA) is 241 Å². The normalized spacial score (nSPS) is 12.1. The van der Waals surface area contributed by atoms with Crippen molar-refractivity contribution in [3.63, 3.8) is 0 Å². The lowest BCUT2D eigenvalue weighted by Gasteiger charge is -2.27. The van der Waals surface area contributed by atoms with Gasteiger partial charge in [-0.25, -0.2) is 0 Å². The summed E-state index contributed by atoms with van der Waals surface area (Å²) in [7, 11) is 0. The van der Waals surface area contributed by atoms with Crippen LogP contribution in [0.2, 0.25) is 0 Å². The van der Waals surface area contributed by atoms with Crippen LogP contribution in [0.3, 0.4) is 0 Å². The van der Waals surface area contributed by atoms with Gasteiger partial charge >= 0.3 is 0 Å². The van der Waals surface area contributed by atoms with E-state index in [1.54, 1.807) is 0 Å². The summed E-state index contributed by atoms with van der Waals surface area (Å²) in [6, 6.07) is 0. The number of nitrogens with zero attached hydrogens (tertiary/aromatic N) is 3. The first kappa shape index (κ1) is 126. The number of aliphatic hydroxyl groups is 2. The van der Waals surface area contributed by atoms with E-state index in [0.717, 1.165) is 169 Å². The lowest BCUT2D eigenvalue weighted by molar-refractivity contribution is -0.122. The zero-order chi connectivity index (χ0) is 91.7. The lowest BCUT2D eigenvalue weighted by Crippen LogP contribution is -2.40. The average Bonchev–Trinajstić information content (AvgIpc) is 0.952. The van der Waals surface area contributed by atoms with Gasteiger partial charge in [0.1, 0.15) is 0 Å². The molecule has 752 valence electrons. The van der Waals surface area contributed by atoms with Crippen molar-refractivity contribution in [1.29, 1.82) is 0 Å². The van der Waals surface area contributed by atoms with Crippen LogP contribution in [0.5, 0.6) is 0 Å². The Hall–Kier alpha value is -2.52. The molecule has 0 rings (SSSR count). The van der Waals surface area contributed by atoms with Gasteiger partial charge in [-0.2, -0.15) is 0 Å². The lowest BCUT2D eigenvalue weighted by atomic mass is 10.1. The highest BCUT2D eigenvalue weighted by molar-refractivity contribution is 5.77. The van der Waals surface area contributed by atoms with Crippen molar-refractivity contribution in [2.45, 2.75) is 529 Å². The minimum atomic E-state index is -0.460. The highest BCUT2D eigenvalue weighted by atomic mass is 16.3. The fourth-order valence-electron chi connectivity index (χ4n) is 17.3. The van der Waals surface area contributed by atoms with Gasteiger partial charge < -0.3 is 73.2 Å². The minimum absolute atomic E-state index is 0.110. The number of carbonyl (C=O) groups is 4. The quantitative estimate of drug-likeness (QED) is 0.0254. The van der Waals surface area contributed by atoms with Gasteiger partial charge in [-0.1, -0.05) is 414 Å². The summed E-state index contributed by atoms with van der Waals surface area (Å²) >= 11 is 0. The number of aliphatic hydroxyl groups excluding tert-OH is 2. The van der Waals surface area contributed by atoms with E-state index in [0.29, 0.717) is 65.0 Å². The van der Waals surface area contributed by atoms with Crippen molar-refractivity contribution < 1.29 is 29.4 Å². The first-order valence-electron chi connectivity index (χ1n) is 56.1. The van der Waals surface area contributed by atoms with E-state index < -0.39 is 12.2 Å². The van der Waals surface area contributed by atoms with Crippen LogP contribution >= 0.6 is 0 Å². The summed E-state index contributed by atoms with van der Waals surface area (Å²) in [4.78, 5) is 57.1. The molecule has 0 aliphatic rings. The minimum Gasteiger partial charge on any atom is -0.390 e. The molecular formula is C108H224N12O6. The molecule has 2 unspecified atom stereocenters. The maximum atomic E-state index is 12.8. The fourth-order valence-corrected chi connectivity index (χ4v) is 17.3. The van der Waals surface area contributed by atoms with Crippen LogP contribution < -0.4 is 48.3 Å². The van der Waals surface area contributed by atoms with Crippen molar-refractivity contribution in [3.8, 4) is 0 Å². The van der Waals surface area contributed by atoms with Gasteiger partial charge in [0.05, 0.1) is 12.2 Å². The van der Waals surface area contributed by atoms with Crippen LogP contribution in [0.4, 0.5) is 0 Å². The largest absolute Gasteiger partial charge is 0.390 e. The Morgan fingerprint density at radius 2 is 0.405 bits per heavy atom. The molecule has 4 amide bonds. The molecule has 2 atom stereocenters. The second-order valence-electron chi connectivity index (χ2n) is 38.5. The summed E-state index contributed by atoms with van der Waals surface area (Å²) in [5.74, 6) is 0.598. The van der Waals surface area contributed by atoms with E-state index in [9.17, 15) is 29.4 Å². The summed E-state index contributed by atoms with van der Waals surface area (Å²) < 4.78 is 0. The number of rotatable bonds is 107. The second kappa shape index (κ2) is 109. The third kappa shape index (κ3) is 105. The van der Waals surface area contributed by atoms with Gasteiger partial charge in [-0.05, 0) is 142 Å². The molecule has 0 saturated heterocycles. The predicted octanol–water partition coefficient (Wildman–Crippen LogP) is 24.4. The molecule has 0 fully saturated rings. The molecule has 0 heterocycles. The van der Waals surface area contributed by atoms with Crippen LogP contribution in [-0.4, -0.2) is 205 Å². The number of hydrogen-bond acceptors (Lipinski definition) is 14. The molecule has 0 aromatic heterocycles. The maximum Gasteiger partial charge on any atom is 0.221 e. The molecule has 0 radical (unpaired) electrons. The van der Waals surface area contributed by atoms with Crippen LogP contribution in [-0.2, 0) is 19.2 Å². The Morgan fingerprint density at radius 3 is 0.698 bits per heavy atom. The van der Waals surface area contributed by atoms with Crippen LogP contribution in [0.15, 0.2) is 0 Å². The van der Waals surface area contributed by atoms with E-state index in [4.69, 9.17) is 5.73 Å². The molecule has 0 aliphatic heterocycles.